The lowest BCUT2D eigenvalue weighted by Gasteiger charge is -2.12. The number of hydrogen-bond acceptors (Lipinski definition) is 4. The van der Waals surface area contributed by atoms with Crippen molar-refractivity contribution in [3.63, 3.8) is 0 Å². The maximum Gasteiger partial charge on any atom is 0.409 e. The van der Waals surface area contributed by atoms with Gasteiger partial charge in [0.2, 0.25) is 0 Å². The second-order valence-corrected chi connectivity index (χ2v) is 3.22. The molecule has 1 N–H and O–H groups in total. The monoisotopic (exact) mass is 237 g/mol. The maximum absolute atomic E-state index is 11.3. The molecule has 0 fully saturated rings. The van der Waals surface area contributed by atoms with Crippen LogP contribution in [0.2, 0.25) is 0 Å². The number of amides is 1. The molecule has 1 aromatic rings. The van der Waals surface area contributed by atoms with Crippen LogP contribution in [0.1, 0.15) is 12.5 Å². The summed E-state index contributed by atoms with van der Waals surface area (Å²) in [6.45, 7) is 2.22. The Morgan fingerprint density at radius 3 is 2.71 bits per heavy atom. The van der Waals surface area contributed by atoms with Crippen LogP contribution in [0.5, 0.6) is 0 Å². The fourth-order valence-corrected chi connectivity index (χ4v) is 1.18. The molecule has 0 saturated heterocycles. The summed E-state index contributed by atoms with van der Waals surface area (Å²) in [5, 5.41) is 2.29. The van der Waals surface area contributed by atoms with E-state index in [9.17, 15) is 9.59 Å². The Morgan fingerprint density at radius 1 is 1.41 bits per heavy atom. The van der Waals surface area contributed by atoms with Crippen molar-refractivity contribution in [2.75, 3.05) is 6.61 Å². The molecule has 0 aliphatic rings. The van der Waals surface area contributed by atoms with E-state index in [1.54, 1.807) is 6.92 Å². The quantitative estimate of drug-likeness (QED) is 0.601. The first-order chi connectivity index (χ1) is 8.26. The molecular formula is C12H15NO4. The number of benzene rings is 1. The van der Waals surface area contributed by atoms with E-state index >= 15 is 0 Å². The average Bonchev–Trinajstić information content (AvgIpc) is 2.37. The van der Waals surface area contributed by atoms with Gasteiger partial charge in [-0.25, -0.2) is 4.79 Å². The fraction of sp³-hybridized carbons (Fsp3) is 0.333. The first-order valence-electron chi connectivity index (χ1n) is 5.30. The molecule has 5 heteroatoms. The standard InChI is InChI=1S/C12H15NO4/c1-2-16-11(8-14)13-12(15)17-9-10-6-4-3-5-7-10/h3-8,11H,2,9H2,1H3,(H,13,15). The fourth-order valence-electron chi connectivity index (χ4n) is 1.18. The Bertz CT molecular complexity index is 353. The number of carbonyl (C=O) groups is 2. The van der Waals surface area contributed by atoms with Crippen molar-refractivity contribution in [3.8, 4) is 0 Å². The molecule has 0 radical (unpaired) electrons. The topological polar surface area (TPSA) is 64.6 Å². The number of hydrogen-bond donors (Lipinski definition) is 1. The molecule has 1 amide bonds. The van der Waals surface area contributed by atoms with Crippen LogP contribution >= 0.6 is 0 Å². The van der Waals surface area contributed by atoms with Gasteiger partial charge in [-0.05, 0) is 12.5 Å². The Labute approximate surface area is 99.7 Å². The summed E-state index contributed by atoms with van der Waals surface area (Å²) < 4.78 is 9.85. The van der Waals surface area contributed by atoms with Crippen LogP contribution in [-0.2, 0) is 20.9 Å². The lowest BCUT2D eigenvalue weighted by molar-refractivity contribution is -0.119. The molecule has 0 aliphatic heterocycles. The molecule has 0 aromatic heterocycles. The second kappa shape index (κ2) is 7.40. The number of alkyl carbamates (subject to hydrolysis) is 1. The van der Waals surface area contributed by atoms with E-state index in [0.717, 1.165) is 5.56 Å². The van der Waals surface area contributed by atoms with Crippen molar-refractivity contribution in [2.45, 2.75) is 19.8 Å². The highest BCUT2D eigenvalue weighted by molar-refractivity contribution is 5.72. The molecule has 1 unspecified atom stereocenters. The number of aldehydes is 1. The molecular weight excluding hydrogens is 222 g/mol. The Hall–Kier alpha value is -1.88. The minimum Gasteiger partial charge on any atom is -0.445 e. The largest absolute Gasteiger partial charge is 0.445 e. The third-order valence-corrected chi connectivity index (χ3v) is 1.94. The van der Waals surface area contributed by atoms with Crippen molar-refractivity contribution in [1.29, 1.82) is 0 Å². The Kier molecular flexibility index (Phi) is 5.74. The summed E-state index contributed by atoms with van der Waals surface area (Å²) in [5.74, 6) is 0. The van der Waals surface area contributed by atoms with Gasteiger partial charge < -0.3 is 9.47 Å². The van der Waals surface area contributed by atoms with Crippen LogP contribution in [0.25, 0.3) is 0 Å². The van der Waals surface area contributed by atoms with Crippen molar-refractivity contribution >= 4 is 12.4 Å². The van der Waals surface area contributed by atoms with E-state index in [1.165, 1.54) is 0 Å². The summed E-state index contributed by atoms with van der Waals surface area (Å²) in [4.78, 5) is 21.8. The van der Waals surface area contributed by atoms with Crippen LogP contribution < -0.4 is 5.32 Å². The summed E-state index contributed by atoms with van der Waals surface area (Å²) in [5.41, 5.74) is 0.877. The zero-order chi connectivity index (χ0) is 12.5. The van der Waals surface area contributed by atoms with Gasteiger partial charge in [-0.15, -0.1) is 0 Å². The van der Waals surface area contributed by atoms with Gasteiger partial charge in [0.25, 0.3) is 0 Å². The van der Waals surface area contributed by atoms with Crippen LogP contribution in [0.4, 0.5) is 4.79 Å². The normalized spacial score (nSPS) is 11.6. The van der Waals surface area contributed by atoms with Crippen molar-refractivity contribution in [2.24, 2.45) is 0 Å². The minimum absolute atomic E-state index is 0.157. The smallest absolute Gasteiger partial charge is 0.409 e. The molecule has 1 aromatic carbocycles. The first kappa shape index (κ1) is 13.2. The van der Waals surface area contributed by atoms with Gasteiger partial charge >= 0.3 is 6.09 Å². The van der Waals surface area contributed by atoms with Gasteiger partial charge in [0.05, 0.1) is 0 Å². The van der Waals surface area contributed by atoms with Gasteiger partial charge in [0.15, 0.2) is 12.5 Å². The molecule has 1 atom stereocenters. The van der Waals surface area contributed by atoms with Crippen LogP contribution in [0.15, 0.2) is 30.3 Å². The SMILES string of the molecule is CCOC(C=O)NC(=O)OCc1ccccc1. The van der Waals surface area contributed by atoms with Crippen LogP contribution in [-0.4, -0.2) is 25.2 Å². The summed E-state index contributed by atoms with van der Waals surface area (Å²) in [6, 6.07) is 9.26. The molecule has 0 bridgehead atoms. The molecule has 92 valence electrons. The van der Waals surface area contributed by atoms with Gasteiger partial charge in [0, 0.05) is 6.61 Å². The predicted octanol–water partition coefficient (Wildman–Crippen LogP) is 1.47. The zero-order valence-electron chi connectivity index (χ0n) is 9.59. The van der Waals surface area contributed by atoms with E-state index in [4.69, 9.17) is 9.47 Å². The number of rotatable bonds is 6. The van der Waals surface area contributed by atoms with E-state index in [-0.39, 0.29) is 6.61 Å². The molecule has 17 heavy (non-hydrogen) atoms. The Morgan fingerprint density at radius 2 is 2.12 bits per heavy atom. The van der Waals surface area contributed by atoms with Gasteiger partial charge in [-0.1, -0.05) is 30.3 Å². The van der Waals surface area contributed by atoms with E-state index < -0.39 is 12.3 Å². The van der Waals surface area contributed by atoms with Crippen molar-refractivity contribution in [3.05, 3.63) is 35.9 Å². The number of carbonyl (C=O) groups excluding carboxylic acids is 2. The number of ether oxygens (including phenoxy) is 2. The number of nitrogens with one attached hydrogen (secondary N) is 1. The molecule has 0 heterocycles. The summed E-state index contributed by atoms with van der Waals surface area (Å²) in [7, 11) is 0. The minimum atomic E-state index is -0.955. The van der Waals surface area contributed by atoms with Crippen molar-refractivity contribution < 1.29 is 19.1 Å². The summed E-state index contributed by atoms with van der Waals surface area (Å²) >= 11 is 0. The van der Waals surface area contributed by atoms with E-state index in [1.807, 2.05) is 30.3 Å². The maximum atomic E-state index is 11.3. The summed E-state index contributed by atoms with van der Waals surface area (Å²) in [6.07, 6.45) is -1.13. The molecule has 0 spiro atoms. The third kappa shape index (κ3) is 5.12. The van der Waals surface area contributed by atoms with Gasteiger partial charge in [-0.3, -0.25) is 10.1 Å². The lowest BCUT2D eigenvalue weighted by Crippen LogP contribution is -2.38. The van der Waals surface area contributed by atoms with E-state index in [0.29, 0.717) is 12.9 Å². The average molecular weight is 237 g/mol. The first-order valence-corrected chi connectivity index (χ1v) is 5.30. The molecule has 5 nitrogen and oxygen atoms in total. The zero-order valence-corrected chi connectivity index (χ0v) is 9.59. The highest BCUT2D eigenvalue weighted by Crippen LogP contribution is 2.00. The van der Waals surface area contributed by atoms with E-state index in [2.05, 4.69) is 5.32 Å². The lowest BCUT2D eigenvalue weighted by atomic mass is 10.2. The highest BCUT2D eigenvalue weighted by atomic mass is 16.6. The third-order valence-electron chi connectivity index (χ3n) is 1.94. The molecule has 0 saturated carbocycles. The second-order valence-electron chi connectivity index (χ2n) is 3.22. The molecule has 0 aliphatic carbocycles. The Balaban J connectivity index is 2.32. The predicted molar refractivity (Wildman–Crippen MR) is 61.2 cm³/mol. The molecule has 1 rings (SSSR count). The van der Waals surface area contributed by atoms with Crippen molar-refractivity contribution in [1.82, 2.24) is 5.32 Å². The highest BCUT2D eigenvalue weighted by Gasteiger charge is 2.11. The van der Waals surface area contributed by atoms with Gasteiger partial charge in [0.1, 0.15) is 6.61 Å². The van der Waals surface area contributed by atoms with Crippen LogP contribution in [0.3, 0.4) is 0 Å². The van der Waals surface area contributed by atoms with Gasteiger partial charge in [-0.2, -0.15) is 0 Å². The van der Waals surface area contributed by atoms with Crippen LogP contribution in [0, 0.1) is 0 Å².